The first-order chi connectivity index (χ1) is 5.16. The summed E-state index contributed by atoms with van der Waals surface area (Å²) in [4.78, 5) is 0. The van der Waals surface area contributed by atoms with Crippen molar-refractivity contribution in [3.05, 3.63) is 23.8 Å². The monoisotopic (exact) mass is 148 g/mol. The molecule has 0 aliphatic heterocycles. The van der Waals surface area contributed by atoms with Crippen molar-refractivity contribution in [1.29, 1.82) is 0 Å². The highest BCUT2D eigenvalue weighted by Gasteiger charge is 2.46. The van der Waals surface area contributed by atoms with E-state index in [1.54, 1.807) is 5.57 Å². The van der Waals surface area contributed by atoms with Gasteiger partial charge in [0.2, 0.25) is 0 Å². The molecule has 1 saturated carbocycles. The molecular weight excluding hydrogens is 132 g/mol. The van der Waals surface area contributed by atoms with Gasteiger partial charge >= 0.3 is 0 Å². The minimum atomic E-state index is 0.516. The zero-order chi connectivity index (χ0) is 8.06. The lowest BCUT2D eigenvalue weighted by Crippen LogP contribution is -2.41. The molecule has 0 heterocycles. The molecule has 0 nitrogen and oxygen atoms in total. The Balaban J connectivity index is 2.40. The van der Waals surface area contributed by atoms with E-state index >= 15 is 0 Å². The Morgan fingerprint density at radius 1 is 1.55 bits per heavy atom. The number of rotatable bonds is 1. The fourth-order valence-corrected chi connectivity index (χ4v) is 2.59. The van der Waals surface area contributed by atoms with Crippen LogP contribution in [0.1, 0.15) is 33.1 Å². The zero-order valence-electron chi connectivity index (χ0n) is 7.48. The summed E-state index contributed by atoms with van der Waals surface area (Å²) in [5.74, 6) is 0.973. The third kappa shape index (κ3) is 0.756. The standard InChI is InChI=1S/C11H16/c1-4-8-5-6-9-7-10(8)11(9,2)3/h4,9H,1,5-7H2,2-3H3. The van der Waals surface area contributed by atoms with E-state index in [0.717, 1.165) is 5.92 Å². The first-order valence-corrected chi connectivity index (χ1v) is 4.51. The fourth-order valence-electron chi connectivity index (χ4n) is 2.59. The maximum Gasteiger partial charge on any atom is -0.0107 e. The maximum absolute atomic E-state index is 3.87. The molecule has 0 spiro atoms. The van der Waals surface area contributed by atoms with Crippen LogP contribution in [0.15, 0.2) is 23.8 Å². The molecular formula is C11H16. The highest BCUT2D eigenvalue weighted by Crippen LogP contribution is 2.58. The smallest absolute Gasteiger partial charge is 0.0107 e. The van der Waals surface area contributed by atoms with Gasteiger partial charge in [0.1, 0.15) is 0 Å². The predicted molar refractivity (Wildman–Crippen MR) is 48.3 cm³/mol. The van der Waals surface area contributed by atoms with E-state index in [1.165, 1.54) is 24.8 Å². The van der Waals surface area contributed by atoms with Gasteiger partial charge in [-0.15, -0.1) is 0 Å². The average Bonchev–Trinajstić information content (AvgIpc) is 2.04. The maximum atomic E-state index is 3.87. The van der Waals surface area contributed by atoms with Gasteiger partial charge in [0.05, 0.1) is 0 Å². The topological polar surface area (TPSA) is 0 Å². The van der Waals surface area contributed by atoms with Crippen LogP contribution in [0.4, 0.5) is 0 Å². The van der Waals surface area contributed by atoms with Crippen molar-refractivity contribution in [2.45, 2.75) is 33.1 Å². The Bertz CT molecular complexity index is 230. The van der Waals surface area contributed by atoms with Gasteiger partial charge in [0.15, 0.2) is 0 Å². The van der Waals surface area contributed by atoms with Crippen molar-refractivity contribution in [2.24, 2.45) is 11.3 Å². The Hall–Kier alpha value is -0.520. The van der Waals surface area contributed by atoms with E-state index in [-0.39, 0.29) is 0 Å². The molecule has 3 rings (SSSR count). The molecule has 0 N–H and O–H groups in total. The quantitative estimate of drug-likeness (QED) is 0.535. The molecule has 0 heteroatoms. The Kier molecular flexibility index (Phi) is 1.30. The van der Waals surface area contributed by atoms with Crippen molar-refractivity contribution in [2.75, 3.05) is 0 Å². The lowest BCUT2D eigenvalue weighted by molar-refractivity contribution is 0.135. The lowest BCUT2D eigenvalue weighted by atomic mass is 9.52. The van der Waals surface area contributed by atoms with E-state index < -0.39 is 0 Å². The molecule has 1 fully saturated rings. The third-order valence-electron chi connectivity index (χ3n) is 3.65. The van der Waals surface area contributed by atoms with Gasteiger partial charge in [0, 0.05) is 0 Å². The van der Waals surface area contributed by atoms with Crippen LogP contribution in [0.25, 0.3) is 0 Å². The molecule has 2 bridgehead atoms. The van der Waals surface area contributed by atoms with Gasteiger partial charge in [-0.2, -0.15) is 0 Å². The van der Waals surface area contributed by atoms with Crippen LogP contribution in [-0.2, 0) is 0 Å². The summed E-state index contributed by atoms with van der Waals surface area (Å²) in [5.41, 5.74) is 3.74. The molecule has 0 aromatic carbocycles. The summed E-state index contributed by atoms with van der Waals surface area (Å²) < 4.78 is 0. The van der Waals surface area contributed by atoms with E-state index in [2.05, 4.69) is 26.5 Å². The first kappa shape index (κ1) is 7.15. The first-order valence-electron chi connectivity index (χ1n) is 4.51. The molecule has 3 aliphatic rings. The van der Waals surface area contributed by atoms with Gasteiger partial charge in [-0.25, -0.2) is 0 Å². The van der Waals surface area contributed by atoms with Crippen LogP contribution >= 0.6 is 0 Å². The second-order valence-corrected chi connectivity index (χ2v) is 4.37. The largest absolute Gasteiger partial charge is 0.0988 e. The van der Waals surface area contributed by atoms with Gasteiger partial charge < -0.3 is 0 Å². The van der Waals surface area contributed by atoms with Crippen LogP contribution in [-0.4, -0.2) is 0 Å². The number of hydrogen-bond donors (Lipinski definition) is 0. The second-order valence-electron chi connectivity index (χ2n) is 4.37. The van der Waals surface area contributed by atoms with Gasteiger partial charge in [0.25, 0.3) is 0 Å². The normalized spacial score (nSPS) is 33.1. The Morgan fingerprint density at radius 3 is 2.64 bits per heavy atom. The van der Waals surface area contributed by atoms with Crippen molar-refractivity contribution in [3.8, 4) is 0 Å². The van der Waals surface area contributed by atoms with E-state index in [4.69, 9.17) is 0 Å². The van der Waals surface area contributed by atoms with Gasteiger partial charge in [-0.1, -0.05) is 32.1 Å². The highest BCUT2D eigenvalue weighted by atomic mass is 14.5. The predicted octanol–water partition coefficient (Wildman–Crippen LogP) is 3.31. The summed E-state index contributed by atoms with van der Waals surface area (Å²) in [6.45, 7) is 8.62. The van der Waals surface area contributed by atoms with Crippen LogP contribution in [0.5, 0.6) is 0 Å². The Morgan fingerprint density at radius 2 is 2.27 bits per heavy atom. The summed E-state index contributed by atoms with van der Waals surface area (Å²) >= 11 is 0. The fraction of sp³-hybridized carbons (Fsp3) is 0.636. The molecule has 0 aromatic heterocycles. The molecule has 0 radical (unpaired) electrons. The van der Waals surface area contributed by atoms with Crippen molar-refractivity contribution < 1.29 is 0 Å². The lowest BCUT2D eigenvalue weighted by Gasteiger charge is -2.52. The van der Waals surface area contributed by atoms with Gasteiger partial charge in [-0.3, -0.25) is 0 Å². The van der Waals surface area contributed by atoms with E-state index in [1.807, 2.05) is 0 Å². The minimum Gasteiger partial charge on any atom is -0.0988 e. The number of allylic oxidation sites excluding steroid dienone is 3. The molecule has 0 saturated heterocycles. The second kappa shape index (κ2) is 2.00. The number of hydrogen-bond acceptors (Lipinski definition) is 0. The summed E-state index contributed by atoms with van der Waals surface area (Å²) in [6.07, 6.45) is 6.09. The summed E-state index contributed by atoms with van der Waals surface area (Å²) in [5, 5.41) is 0. The average molecular weight is 148 g/mol. The minimum absolute atomic E-state index is 0.516. The SMILES string of the molecule is C=CC1=C2CC(CC1)C2(C)C. The van der Waals surface area contributed by atoms with Crippen molar-refractivity contribution >= 4 is 0 Å². The molecule has 1 atom stereocenters. The Labute approximate surface area is 69.0 Å². The van der Waals surface area contributed by atoms with Crippen LogP contribution < -0.4 is 0 Å². The van der Waals surface area contributed by atoms with Crippen molar-refractivity contribution in [1.82, 2.24) is 0 Å². The van der Waals surface area contributed by atoms with Crippen molar-refractivity contribution in [3.63, 3.8) is 0 Å². The highest BCUT2D eigenvalue weighted by molar-refractivity contribution is 5.38. The molecule has 0 aromatic rings. The summed E-state index contributed by atoms with van der Waals surface area (Å²) in [6, 6.07) is 0. The molecule has 3 aliphatic carbocycles. The summed E-state index contributed by atoms with van der Waals surface area (Å²) in [7, 11) is 0. The van der Waals surface area contributed by atoms with E-state index in [0.29, 0.717) is 5.41 Å². The van der Waals surface area contributed by atoms with Crippen LogP contribution in [0.3, 0.4) is 0 Å². The van der Waals surface area contributed by atoms with Crippen LogP contribution in [0, 0.1) is 11.3 Å². The van der Waals surface area contributed by atoms with Crippen LogP contribution in [0.2, 0.25) is 0 Å². The number of fused-ring (bicyclic) bond motifs is 2. The third-order valence-corrected chi connectivity index (χ3v) is 3.65. The molecule has 0 amide bonds. The molecule has 11 heavy (non-hydrogen) atoms. The zero-order valence-corrected chi connectivity index (χ0v) is 7.48. The van der Waals surface area contributed by atoms with E-state index in [9.17, 15) is 0 Å². The molecule has 60 valence electrons. The molecule has 1 unspecified atom stereocenters. The van der Waals surface area contributed by atoms with Gasteiger partial charge in [-0.05, 0) is 36.2 Å².